The first-order valence-electron chi connectivity index (χ1n) is 12.0. The van der Waals surface area contributed by atoms with E-state index in [1.165, 1.54) is 12.1 Å². The number of rotatable bonds is 8. The number of nitrogens with zero attached hydrogens (tertiary/aromatic N) is 3. The molecule has 0 radical (unpaired) electrons. The number of aliphatic hydroxyl groups is 1. The molecule has 1 unspecified atom stereocenters. The summed E-state index contributed by atoms with van der Waals surface area (Å²) in [6.45, 7) is 6.65. The van der Waals surface area contributed by atoms with Gasteiger partial charge in [-0.05, 0) is 69.0 Å². The van der Waals surface area contributed by atoms with Crippen molar-refractivity contribution in [3.8, 4) is 0 Å². The number of benzene rings is 1. The summed E-state index contributed by atoms with van der Waals surface area (Å²) in [5.41, 5.74) is 2.71. The van der Waals surface area contributed by atoms with E-state index in [1.807, 2.05) is 18.2 Å². The molecule has 1 amide bonds. The van der Waals surface area contributed by atoms with Crippen LogP contribution in [0.3, 0.4) is 0 Å². The van der Waals surface area contributed by atoms with Crippen LogP contribution < -0.4 is 0 Å². The molecule has 7 nitrogen and oxygen atoms in total. The molecule has 1 atom stereocenters. The van der Waals surface area contributed by atoms with E-state index in [4.69, 9.17) is 4.74 Å². The molecule has 3 aromatic rings. The van der Waals surface area contributed by atoms with Gasteiger partial charge in [0.05, 0.1) is 24.7 Å². The van der Waals surface area contributed by atoms with Gasteiger partial charge in [-0.15, -0.1) is 0 Å². The first-order valence-corrected chi connectivity index (χ1v) is 12.0. The Morgan fingerprint density at radius 2 is 2.06 bits per heavy atom. The van der Waals surface area contributed by atoms with Crippen LogP contribution in [0.2, 0.25) is 0 Å². The predicted molar refractivity (Wildman–Crippen MR) is 130 cm³/mol. The summed E-state index contributed by atoms with van der Waals surface area (Å²) >= 11 is 0. The summed E-state index contributed by atoms with van der Waals surface area (Å²) in [4.78, 5) is 31.6. The largest absolute Gasteiger partial charge is 0.466 e. The minimum atomic E-state index is -1.09. The first-order chi connectivity index (χ1) is 16.7. The number of carbonyl (C=O) groups is 2. The highest BCUT2D eigenvalue weighted by atomic mass is 19.1. The SMILES string of the molecule is CCOC(=O)C(C)(C)C(O)CCC(=O)N1CCc2c(n(Cc3cccc(F)c3)c3ncccc23)C1. The molecule has 8 heteroatoms. The average Bonchev–Trinajstić information content (AvgIpc) is 3.15. The van der Waals surface area contributed by atoms with Crippen LogP contribution in [0.1, 0.15) is 50.4 Å². The van der Waals surface area contributed by atoms with Crippen molar-refractivity contribution < 1.29 is 23.8 Å². The maximum atomic E-state index is 13.8. The third-order valence-electron chi connectivity index (χ3n) is 6.86. The Morgan fingerprint density at radius 1 is 1.26 bits per heavy atom. The summed E-state index contributed by atoms with van der Waals surface area (Å²) in [5, 5.41) is 11.6. The first kappa shape index (κ1) is 24.9. The number of hydrogen-bond acceptors (Lipinski definition) is 5. The zero-order valence-electron chi connectivity index (χ0n) is 20.5. The zero-order chi connectivity index (χ0) is 25.2. The summed E-state index contributed by atoms with van der Waals surface area (Å²) in [6.07, 6.45) is 1.74. The van der Waals surface area contributed by atoms with E-state index in [1.54, 1.807) is 37.9 Å². The lowest BCUT2D eigenvalue weighted by atomic mass is 9.84. The van der Waals surface area contributed by atoms with Crippen molar-refractivity contribution in [2.24, 2.45) is 5.41 Å². The lowest BCUT2D eigenvalue weighted by Gasteiger charge is -2.31. The normalized spacial score (nSPS) is 14.6. The topological polar surface area (TPSA) is 84.7 Å². The van der Waals surface area contributed by atoms with Gasteiger partial charge in [0.25, 0.3) is 0 Å². The monoisotopic (exact) mass is 481 g/mol. The summed E-state index contributed by atoms with van der Waals surface area (Å²) in [6, 6.07) is 10.4. The number of halogens is 1. The molecule has 0 aliphatic carbocycles. The van der Waals surface area contributed by atoms with Crippen LogP contribution in [0, 0.1) is 11.2 Å². The molecule has 1 aliphatic heterocycles. The molecule has 0 fully saturated rings. The van der Waals surface area contributed by atoms with Gasteiger partial charge in [-0.25, -0.2) is 9.37 Å². The Balaban J connectivity index is 1.52. The number of fused-ring (bicyclic) bond motifs is 3. The van der Waals surface area contributed by atoms with E-state index >= 15 is 0 Å². The van der Waals surface area contributed by atoms with Gasteiger partial charge in [-0.2, -0.15) is 0 Å². The van der Waals surface area contributed by atoms with Gasteiger partial charge >= 0.3 is 5.97 Å². The van der Waals surface area contributed by atoms with Crippen LogP contribution in [-0.4, -0.2) is 50.7 Å². The number of carbonyl (C=O) groups excluding carboxylic acids is 2. The van der Waals surface area contributed by atoms with Crippen molar-refractivity contribution in [3.05, 3.63) is 65.2 Å². The number of aromatic nitrogens is 2. The number of aliphatic hydroxyl groups excluding tert-OH is 1. The highest BCUT2D eigenvalue weighted by Gasteiger charge is 2.37. The number of pyridine rings is 1. The Labute approximate surface area is 204 Å². The molecule has 1 N–H and O–H groups in total. The van der Waals surface area contributed by atoms with Gasteiger partial charge < -0.3 is 19.3 Å². The molecule has 0 spiro atoms. The summed E-state index contributed by atoms with van der Waals surface area (Å²) < 4.78 is 20.9. The maximum absolute atomic E-state index is 13.8. The van der Waals surface area contributed by atoms with E-state index in [0.29, 0.717) is 26.1 Å². The third-order valence-corrected chi connectivity index (χ3v) is 6.86. The van der Waals surface area contributed by atoms with E-state index in [2.05, 4.69) is 9.55 Å². The second-order valence-corrected chi connectivity index (χ2v) is 9.58. The highest BCUT2D eigenvalue weighted by Crippen LogP contribution is 2.31. The van der Waals surface area contributed by atoms with Crippen LogP contribution in [0.4, 0.5) is 4.39 Å². The van der Waals surface area contributed by atoms with E-state index in [0.717, 1.165) is 27.9 Å². The molecular weight excluding hydrogens is 449 g/mol. The fraction of sp³-hybridized carbons (Fsp3) is 0.444. The van der Waals surface area contributed by atoms with Crippen molar-refractivity contribution >= 4 is 22.9 Å². The second kappa shape index (κ2) is 10.2. The van der Waals surface area contributed by atoms with Crippen molar-refractivity contribution in [1.29, 1.82) is 0 Å². The average molecular weight is 482 g/mol. The van der Waals surface area contributed by atoms with Crippen LogP contribution in [0.25, 0.3) is 11.0 Å². The minimum Gasteiger partial charge on any atom is -0.466 e. The number of amides is 1. The predicted octanol–water partition coefficient (Wildman–Crippen LogP) is 3.84. The molecule has 0 bridgehead atoms. The highest BCUT2D eigenvalue weighted by molar-refractivity contribution is 5.84. The second-order valence-electron chi connectivity index (χ2n) is 9.58. The summed E-state index contributed by atoms with van der Waals surface area (Å²) in [7, 11) is 0. The van der Waals surface area contributed by atoms with Gasteiger partial charge in [0, 0.05) is 36.8 Å². The fourth-order valence-corrected chi connectivity index (χ4v) is 4.69. The molecule has 35 heavy (non-hydrogen) atoms. The van der Waals surface area contributed by atoms with Crippen molar-refractivity contribution in [3.63, 3.8) is 0 Å². The van der Waals surface area contributed by atoms with Gasteiger partial charge in [0.1, 0.15) is 11.5 Å². The van der Waals surface area contributed by atoms with Crippen LogP contribution in [-0.2, 0) is 33.8 Å². The molecule has 4 rings (SSSR count). The third kappa shape index (κ3) is 5.07. The minimum absolute atomic E-state index is 0.0788. The van der Waals surface area contributed by atoms with Crippen LogP contribution in [0.5, 0.6) is 0 Å². The van der Waals surface area contributed by atoms with Gasteiger partial charge in [0.2, 0.25) is 5.91 Å². The van der Waals surface area contributed by atoms with Gasteiger partial charge in [-0.1, -0.05) is 12.1 Å². The number of ether oxygens (including phenoxy) is 1. The van der Waals surface area contributed by atoms with Gasteiger partial charge in [-0.3, -0.25) is 9.59 Å². The molecule has 3 heterocycles. The molecule has 2 aromatic heterocycles. The molecule has 1 aliphatic rings. The lowest BCUT2D eigenvalue weighted by Crippen LogP contribution is -2.41. The lowest BCUT2D eigenvalue weighted by molar-refractivity contribution is -0.160. The molecule has 186 valence electrons. The Hall–Kier alpha value is -3.26. The molecule has 1 aromatic carbocycles. The van der Waals surface area contributed by atoms with Gasteiger partial charge in [0.15, 0.2) is 0 Å². The number of hydrogen-bond donors (Lipinski definition) is 1. The quantitative estimate of drug-likeness (QED) is 0.494. The number of esters is 1. The Kier molecular flexibility index (Phi) is 7.21. The van der Waals surface area contributed by atoms with E-state index in [-0.39, 0.29) is 31.2 Å². The molecule has 0 saturated carbocycles. The van der Waals surface area contributed by atoms with E-state index < -0.39 is 17.5 Å². The smallest absolute Gasteiger partial charge is 0.314 e. The summed E-state index contributed by atoms with van der Waals surface area (Å²) in [5.74, 6) is -0.844. The van der Waals surface area contributed by atoms with Crippen molar-refractivity contribution in [1.82, 2.24) is 14.5 Å². The molecule has 0 saturated heterocycles. The van der Waals surface area contributed by atoms with Crippen LogP contribution >= 0.6 is 0 Å². The zero-order valence-corrected chi connectivity index (χ0v) is 20.5. The van der Waals surface area contributed by atoms with Crippen LogP contribution in [0.15, 0.2) is 42.6 Å². The van der Waals surface area contributed by atoms with Crippen molar-refractivity contribution in [2.45, 2.75) is 59.2 Å². The van der Waals surface area contributed by atoms with E-state index in [9.17, 15) is 19.1 Å². The standard InChI is InChI=1S/C27H32FN3O4/c1-4-35-26(34)27(2,3)23(32)10-11-24(33)30-14-12-20-21-9-6-13-29-25(21)31(22(20)17-30)16-18-7-5-8-19(28)15-18/h5-9,13,15,23,32H,4,10-12,14,16-17H2,1-3H3. The van der Waals surface area contributed by atoms with Crippen molar-refractivity contribution in [2.75, 3.05) is 13.2 Å². The fourth-order valence-electron chi connectivity index (χ4n) is 4.69. The Bertz CT molecular complexity index is 1240. The Morgan fingerprint density at radius 3 is 2.80 bits per heavy atom. The maximum Gasteiger partial charge on any atom is 0.314 e. The molecular formula is C27H32FN3O4.